The number of amides is 1. The molecular weight excluding hydrogens is 540 g/mol. The van der Waals surface area contributed by atoms with E-state index in [1.54, 1.807) is 57.7 Å². The summed E-state index contributed by atoms with van der Waals surface area (Å²) in [5, 5.41) is 0. The first kappa shape index (κ1) is 25.5. The third-order valence-electron chi connectivity index (χ3n) is 5.56. The van der Waals surface area contributed by atoms with Gasteiger partial charge in [0.05, 0.1) is 12.5 Å². The number of aromatic nitrogens is 2. The van der Waals surface area contributed by atoms with E-state index < -0.39 is 29.5 Å². The second-order valence-electron chi connectivity index (χ2n) is 9.25. The smallest absolute Gasteiger partial charge is 0.411 e. The highest BCUT2D eigenvalue weighted by Gasteiger charge is 2.39. The van der Waals surface area contributed by atoms with E-state index in [9.17, 15) is 9.59 Å². The Morgan fingerprint density at radius 1 is 1.30 bits per heavy atom. The van der Waals surface area contributed by atoms with Crippen LogP contribution in [0.5, 0.6) is 0 Å². The molecule has 0 saturated heterocycles. The maximum absolute atomic E-state index is 15.9. The van der Waals surface area contributed by atoms with E-state index in [-0.39, 0.29) is 19.0 Å². The van der Waals surface area contributed by atoms with Gasteiger partial charge in [0.1, 0.15) is 27.0 Å². The number of ether oxygens (including phenoxy) is 2. The molecule has 1 aromatic heterocycles. The Hall–Kier alpha value is -2.17. The first-order chi connectivity index (χ1) is 15.4. The van der Waals surface area contributed by atoms with Crippen LogP contribution in [0.2, 0.25) is 0 Å². The van der Waals surface area contributed by atoms with Crippen molar-refractivity contribution in [3.8, 4) is 0 Å². The van der Waals surface area contributed by atoms with Crippen molar-refractivity contribution in [2.75, 3.05) is 13.2 Å². The van der Waals surface area contributed by atoms with Crippen LogP contribution in [0.1, 0.15) is 63.3 Å². The van der Waals surface area contributed by atoms with Crippen LogP contribution in [0.15, 0.2) is 18.2 Å². The molecule has 7 nitrogen and oxygen atoms in total. The zero-order valence-electron chi connectivity index (χ0n) is 19.9. The molecular formula is C24H31FIN3O4. The second kappa shape index (κ2) is 9.99. The van der Waals surface area contributed by atoms with E-state index >= 15 is 4.39 Å². The molecule has 0 spiro atoms. The van der Waals surface area contributed by atoms with E-state index in [2.05, 4.69) is 27.6 Å². The molecule has 2 heterocycles. The topological polar surface area (TPSA) is 73.7 Å². The lowest BCUT2D eigenvalue weighted by Crippen LogP contribution is -2.45. The third-order valence-corrected chi connectivity index (χ3v) is 6.58. The fraction of sp³-hybridized carbons (Fsp3) is 0.542. The minimum atomic E-state index is -0.742. The number of carbonyl (C=O) groups excluding carboxylic acids is 2. The number of hydrogen-bond acceptors (Lipinski definition) is 5. The molecule has 1 aromatic carbocycles. The van der Waals surface area contributed by atoms with Gasteiger partial charge in [-0.25, -0.2) is 14.2 Å². The molecule has 1 aliphatic rings. The van der Waals surface area contributed by atoms with E-state index in [0.29, 0.717) is 30.0 Å². The molecule has 0 saturated carbocycles. The summed E-state index contributed by atoms with van der Waals surface area (Å²) in [6.07, 6.45) is -0.318. The van der Waals surface area contributed by atoms with Crippen molar-refractivity contribution in [2.24, 2.45) is 5.92 Å². The van der Waals surface area contributed by atoms with Gasteiger partial charge in [-0.1, -0.05) is 25.1 Å². The number of carbonyl (C=O) groups is 2. The van der Waals surface area contributed by atoms with Gasteiger partial charge in [0.25, 0.3) is 0 Å². The van der Waals surface area contributed by atoms with Crippen LogP contribution in [0.25, 0.3) is 0 Å². The van der Waals surface area contributed by atoms with E-state index in [1.807, 2.05) is 11.5 Å². The molecule has 0 radical (unpaired) electrons. The molecule has 2 atom stereocenters. The minimum absolute atomic E-state index is 0.197. The summed E-state index contributed by atoms with van der Waals surface area (Å²) in [7, 11) is 0. The number of hydrogen-bond donors (Lipinski definition) is 0. The fourth-order valence-electron chi connectivity index (χ4n) is 3.98. The number of halogens is 2. The standard InChI is InChI=1S/C24H31FIN3O4/c1-7-32-22(30)14(2)13-16-9-8-10-17(18(16)25)19-21-27-20(26)15(3)28(21)11-12-29(19)23(31)33-24(4,5)6/h8-10,14,19H,7,11-13H2,1-6H3. The lowest BCUT2D eigenvalue weighted by Gasteiger charge is -2.37. The quantitative estimate of drug-likeness (QED) is 0.373. The monoisotopic (exact) mass is 571 g/mol. The Bertz CT molecular complexity index is 1050. The van der Waals surface area contributed by atoms with Crippen LogP contribution in [0.4, 0.5) is 9.18 Å². The van der Waals surface area contributed by atoms with Gasteiger partial charge in [-0.3, -0.25) is 9.69 Å². The Kier molecular flexibility index (Phi) is 7.70. The molecule has 0 bridgehead atoms. The predicted octanol–water partition coefficient (Wildman–Crippen LogP) is 5.02. The van der Waals surface area contributed by atoms with E-state index in [4.69, 9.17) is 9.47 Å². The van der Waals surface area contributed by atoms with Crippen LogP contribution in [0, 0.1) is 22.4 Å². The lowest BCUT2D eigenvalue weighted by molar-refractivity contribution is -0.147. The molecule has 0 fully saturated rings. The van der Waals surface area contributed by atoms with Crippen molar-refractivity contribution in [3.05, 3.63) is 50.4 Å². The number of nitrogens with zero attached hydrogens (tertiary/aromatic N) is 3. The summed E-state index contributed by atoms with van der Waals surface area (Å²) in [5.41, 5.74) is 1.02. The highest BCUT2D eigenvalue weighted by Crippen LogP contribution is 2.36. The highest BCUT2D eigenvalue weighted by molar-refractivity contribution is 14.1. The van der Waals surface area contributed by atoms with Crippen molar-refractivity contribution in [3.63, 3.8) is 0 Å². The summed E-state index contributed by atoms with van der Waals surface area (Å²) in [4.78, 5) is 31.4. The van der Waals surface area contributed by atoms with Crippen LogP contribution < -0.4 is 0 Å². The SMILES string of the molecule is CCOC(=O)C(C)Cc1cccc(C2c3nc(I)c(C)n3CCN2C(=O)OC(C)(C)C)c1F. The van der Waals surface area contributed by atoms with Crippen LogP contribution in [-0.2, 0) is 27.2 Å². The normalized spacial score (nSPS) is 16.8. The summed E-state index contributed by atoms with van der Waals surface area (Å²) in [6, 6.07) is 4.34. The Labute approximate surface area is 207 Å². The first-order valence-electron chi connectivity index (χ1n) is 11.1. The van der Waals surface area contributed by atoms with Crippen molar-refractivity contribution in [1.29, 1.82) is 0 Å². The van der Waals surface area contributed by atoms with Crippen molar-refractivity contribution in [1.82, 2.24) is 14.5 Å². The zero-order chi connectivity index (χ0) is 24.5. The summed E-state index contributed by atoms with van der Waals surface area (Å²) < 4.78 is 29.4. The van der Waals surface area contributed by atoms with E-state index in [1.165, 1.54) is 0 Å². The maximum atomic E-state index is 15.9. The average Bonchev–Trinajstić information content (AvgIpc) is 3.02. The first-order valence-corrected chi connectivity index (χ1v) is 12.2. The van der Waals surface area contributed by atoms with Crippen molar-refractivity contribution in [2.45, 2.75) is 66.2 Å². The van der Waals surface area contributed by atoms with Crippen LogP contribution in [0.3, 0.4) is 0 Å². The summed E-state index contributed by atoms with van der Waals surface area (Å²) >= 11 is 2.16. The van der Waals surface area contributed by atoms with Gasteiger partial charge >= 0.3 is 12.1 Å². The number of benzene rings is 1. The molecule has 0 N–H and O–H groups in total. The largest absolute Gasteiger partial charge is 0.466 e. The Morgan fingerprint density at radius 3 is 2.64 bits per heavy atom. The van der Waals surface area contributed by atoms with Gasteiger partial charge in [0.15, 0.2) is 0 Å². The highest BCUT2D eigenvalue weighted by atomic mass is 127. The number of esters is 1. The lowest BCUT2D eigenvalue weighted by atomic mass is 9.94. The Morgan fingerprint density at radius 2 is 2.00 bits per heavy atom. The molecule has 2 aromatic rings. The van der Waals surface area contributed by atoms with Gasteiger partial charge in [0.2, 0.25) is 0 Å². The van der Waals surface area contributed by atoms with Gasteiger partial charge in [0, 0.05) is 24.3 Å². The molecule has 3 rings (SSSR count). The van der Waals surface area contributed by atoms with Crippen molar-refractivity contribution < 1.29 is 23.5 Å². The average molecular weight is 571 g/mol. The molecule has 33 heavy (non-hydrogen) atoms. The second-order valence-corrected chi connectivity index (χ2v) is 10.3. The van der Waals surface area contributed by atoms with Gasteiger partial charge in [-0.15, -0.1) is 0 Å². The number of fused-ring (bicyclic) bond motifs is 1. The zero-order valence-corrected chi connectivity index (χ0v) is 22.1. The van der Waals surface area contributed by atoms with Gasteiger partial charge in [-0.05, 0) is 69.2 Å². The summed E-state index contributed by atoms with van der Waals surface area (Å²) in [6.45, 7) is 12.0. The molecule has 2 unspecified atom stereocenters. The maximum Gasteiger partial charge on any atom is 0.411 e. The predicted molar refractivity (Wildman–Crippen MR) is 130 cm³/mol. The third kappa shape index (κ3) is 5.50. The van der Waals surface area contributed by atoms with Crippen molar-refractivity contribution >= 4 is 34.7 Å². The summed E-state index contributed by atoms with van der Waals surface area (Å²) in [5.74, 6) is -0.705. The Balaban J connectivity index is 2.05. The molecule has 0 aliphatic carbocycles. The van der Waals surface area contributed by atoms with Gasteiger partial charge in [-0.2, -0.15) is 0 Å². The number of rotatable bonds is 5. The molecule has 9 heteroatoms. The fourth-order valence-corrected chi connectivity index (χ4v) is 4.52. The molecule has 1 aliphatic heterocycles. The van der Waals surface area contributed by atoms with Crippen LogP contribution in [-0.4, -0.2) is 45.3 Å². The molecule has 180 valence electrons. The minimum Gasteiger partial charge on any atom is -0.466 e. The van der Waals surface area contributed by atoms with E-state index in [0.717, 1.165) is 9.39 Å². The number of imidazole rings is 1. The van der Waals surface area contributed by atoms with Crippen LogP contribution >= 0.6 is 22.6 Å². The molecule has 1 amide bonds. The van der Waals surface area contributed by atoms with Gasteiger partial charge < -0.3 is 14.0 Å².